The molecule has 0 saturated heterocycles. The molecule has 0 atom stereocenters. The lowest BCUT2D eigenvalue weighted by Crippen LogP contribution is -2.17. The van der Waals surface area contributed by atoms with Gasteiger partial charge in [0.25, 0.3) is 5.91 Å². The molecule has 20 heavy (non-hydrogen) atoms. The summed E-state index contributed by atoms with van der Waals surface area (Å²) in [6.45, 7) is 0. The van der Waals surface area contributed by atoms with Crippen LogP contribution in [0.25, 0.3) is 0 Å². The third kappa shape index (κ3) is 3.01. The molecule has 1 amide bonds. The van der Waals surface area contributed by atoms with Crippen LogP contribution in [-0.4, -0.2) is 13.0 Å². The number of rotatable bonds is 4. The molecular weight excluding hydrogens is 278 g/mol. The molecule has 2 aromatic rings. The Labute approximate surface area is 121 Å². The molecule has 2 rings (SSSR count). The molecule has 0 aliphatic rings. The van der Waals surface area contributed by atoms with Gasteiger partial charge in [-0.2, -0.15) is 0 Å². The number of nitrogens with two attached hydrogens (primary N) is 1. The van der Waals surface area contributed by atoms with E-state index in [1.54, 1.807) is 42.5 Å². The van der Waals surface area contributed by atoms with Gasteiger partial charge in [-0.1, -0.05) is 23.7 Å². The lowest BCUT2D eigenvalue weighted by atomic mass is 10.1. The first-order chi connectivity index (χ1) is 9.65. The smallest absolute Gasteiger partial charge is 0.257 e. The Morgan fingerprint density at radius 2 is 1.95 bits per heavy atom. The number of halogens is 1. The van der Waals surface area contributed by atoms with Gasteiger partial charge in [-0.3, -0.25) is 10.6 Å². The Morgan fingerprint density at radius 1 is 1.20 bits per heavy atom. The van der Waals surface area contributed by atoms with Gasteiger partial charge in [0, 0.05) is 5.02 Å². The van der Waals surface area contributed by atoms with Crippen LogP contribution in [0.3, 0.4) is 0 Å². The number of ether oxygens (including phenoxy) is 1. The quantitative estimate of drug-likeness (QED) is 0.598. The van der Waals surface area contributed by atoms with Gasteiger partial charge in [0.15, 0.2) is 0 Å². The van der Waals surface area contributed by atoms with E-state index in [0.717, 1.165) is 0 Å². The second-order valence-corrected chi connectivity index (χ2v) is 4.43. The summed E-state index contributed by atoms with van der Waals surface area (Å²) in [5.74, 6) is 5.61. The standard InChI is InChI=1S/C14H14ClN3O2/c1-20-13-7-6-9(15)8-12(13)17-14(19)10-4-2-3-5-11(10)18-16/h2-8,18H,16H2,1H3,(H,17,19). The summed E-state index contributed by atoms with van der Waals surface area (Å²) < 4.78 is 5.18. The van der Waals surface area contributed by atoms with Crippen LogP contribution >= 0.6 is 11.6 Å². The Morgan fingerprint density at radius 3 is 2.65 bits per heavy atom. The van der Waals surface area contributed by atoms with Crippen molar-refractivity contribution in [2.45, 2.75) is 0 Å². The number of nitrogens with one attached hydrogen (secondary N) is 2. The fourth-order valence-electron chi connectivity index (χ4n) is 1.77. The molecule has 4 N–H and O–H groups in total. The molecule has 2 aromatic carbocycles. The Balaban J connectivity index is 2.30. The van der Waals surface area contributed by atoms with Gasteiger partial charge in [0.05, 0.1) is 24.0 Å². The van der Waals surface area contributed by atoms with Gasteiger partial charge >= 0.3 is 0 Å². The number of benzene rings is 2. The van der Waals surface area contributed by atoms with Crippen LogP contribution in [0.2, 0.25) is 5.02 Å². The SMILES string of the molecule is COc1ccc(Cl)cc1NC(=O)c1ccccc1NN. The number of hydrogen-bond donors (Lipinski definition) is 3. The highest BCUT2D eigenvalue weighted by atomic mass is 35.5. The van der Waals surface area contributed by atoms with Crippen molar-refractivity contribution < 1.29 is 9.53 Å². The van der Waals surface area contributed by atoms with Gasteiger partial charge in [-0.05, 0) is 30.3 Å². The summed E-state index contributed by atoms with van der Waals surface area (Å²) in [7, 11) is 1.52. The van der Waals surface area contributed by atoms with E-state index in [4.69, 9.17) is 22.2 Å². The minimum atomic E-state index is -0.306. The molecule has 0 radical (unpaired) electrons. The van der Waals surface area contributed by atoms with E-state index in [9.17, 15) is 4.79 Å². The van der Waals surface area contributed by atoms with Crippen molar-refractivity contribution in [3.8, 4) is 5.75 Å². The average Bonchev–Trinajstić information content (AvgIpc) is 2.47. The molecule has 0 heterocycles. The van der Waals surface area contributed by atoms with Gasteiger partial charge in [0.1, 0.15) is 5.75 Å². The lowest BCUT2D eigenvalue weighted by molar-refractivity contribution is 0.102. The minimum Gasteiger partial charge on any atom is -0.495 e. The Hall–Kier alpha value is -2.24. The zero-order chi connectivity index (χ0) is 14.5. The highest BCUT2D eigenvalue weighted by molar-refractivity contribution is 6.31. The van der Waals surface area contributed by atoms with Crippen LogP contribution in [0.1, 0.15) is 10.4 Å². The fourth-order valence-corrected chi connectivity index (χ4v) is 1.95. The van der Waals surface area contributed by atoms with E-state index < -0.39 is 0 Å². The number of nitrogen functional groups attached to an aromatic ring is 1. The molecule has 0 aromatic heterocycles. The van der Waals surface area contributed by atoms with E-state index in [2.05, 4.69) is 10.7 Å². The zero-order valence-corrected chi connectivity index (χ0v) is 11.6. The number of hydrogen-bond acceptors (Lipinski definition) is 4. The maximum Gasteiger partial charge on any atom is 0.257 e. The normalized spacial score (nSPS) is 9.95. The molecule has 0 spiro atoms. The van der Waals surface area contributed by atoms with Crippen LogP contribution in [0.4, 0.5) is 11.4 Å². The van der Waals surface area contributed by atoms with E-state index in [1.807, 2.05) is 0 Å². The summed E-state index contributed by atoms with van der Waals surface area (Å²) in [6, 6.07) is 11.9. The van der Waals surface area contributed by atoms with Crippen LogP contribution in [0.5, 0.6) is 5.75 Å². The molecule has 0 fully saturated rings. The van der Waals surface area contributed by atoms with Crippen LogP contribution in [-0.2, 0) is 0 Å². The molecule has 0 saturated carbocycles. The predicted octanol–water partition coefficient (Wildman–Crippen LogP) is 2.89. The zero-order valence-electron chi connectivity index (χ0n) is 10.8. The van der Waals surface area contributed by atoms with Crippen molar-refractivity contribution in [3.63, 3.8) is 0 Å². The van der Waals surface area contributed by atoms with Gasteiger partial charge < -0.3 is 15.5 Å². The Kier molecular flexibility index (Phi) is 4.45. The van der Waals surface area contributed by atoms with Crippen LogP contribution in [0, 0.1) is 0 Å². The number of amides is 1. The molecular formula is C14H14ClN3O2. The molecule has 0 aliphatic heterocycles. The largest absolute Gasteiger partial charge is 0.495 e. The number of methoxy groups -OCH3 is 1. The van der Waals surface area contributed by atoms with E-state index in [1.165, 1.54) is 7.11 Å². The number of hydrazine groups is 1. The first-order valence-electron chi connectivity index (χ1n) is 5.86. The van der Waals surface area contributed by atoms with Crippen molar-refractivity contribution in [1.82, 2.24) is 0 Å². The molecule has 0 unspecified atom stereocenters. The highest BCUT2D eigenvalue weighted by Gasteiger charge is 2.13. The average molecular weight is 292 g/mol. The summed E-state index contributed by atoms with van der Waals surface area (Å²) >= 11 is 5.92. The Bertz CT molecular complexity index is 632. The first kappa shape index (κ1) is 14.2. The summed E-state index contributed by atoms with van der Waals surface area (Å²) in [6.07, 6.45) is 0. The van der Waals surface area contributed by atoms with E-state index >= 15 is 0 Å². The van der Waals surface area contributed by atoms with Crippen molar-refractivity contribution >= 4 is 28.9 Å². The highest BCUT2D eigenvalue weighted by Crippen LogP contribution is 2.28. The monoisotopic (exact) mass is 291 g/mol. The lowest BCUT2D eigenvalue weighted by Gasteiger charge is -2.12. The summed E-state index contributed by atoms with van der Waals surface area (Å²) in [4.78, 5) is 12.3. The van der Waals surface area contributed by atoms with E-state index in [0.29, 0.717) is 27.7 Å². The minimum absolute atomic E-state index is 0.306. The van der Waals surface area contributed by atoms with Crippen molar-refractivity contribution in [1.29, 1.82) is 0 Å². The topological polar surface area (TPSA) is 76.4 Å². The van der Waals surface area contributed by atoms with Crippen LogP contribution < -0.4 is 21.3 Å². The molecule has 0 aliphatic carbocycles. The fraction of sp³-hybridized carbons (Fsp3) is 0.0714. The maximum atomic E-state index is 12.3. The van der Waals surface area contributed by atoms with Crippen molar-refractivity contribution in [3.05, 3.63) is 53.1 Å². The van der Waals surface area contributed by atoms with Crippen molar-refractivity contribution in [2.75, 3.05) is 17.9 Å². The summed E-state index contributed by atoms with van der Waals surface area (Å²) in [5.41, 5.74) is 3.94. The number of para-hydroxylation sites is 1. The molecule has 0 bridgehead atoms. The predicted molar refractivity (Wildman–Crippen MR) is 80.2 cm³/mol. The molecule has 104 valence electrons. The summed E-state index contributed by atoms with van der Waals surface area (Å²) in [5, 5.41) is 3.26. The third-order valence-electron chi connectivity index (χ3n) is 2.74. The second kappa shape index (κ2) is 6.27. The number of anilines is 2. The third-order valence-corrected chi connectivity index (χ3v) is 2.97. The second-order valence-electron chi connectivity index (χ2n) is 3.99. The van der Waals surface area contributed by atoms with Crippen LogP contribution in [0.15, 0.2) is 42.5 Å². The number of carbonyl (C=O) groups is 1. The van der Waals surface area contributed by atoms with Gasteiger partial charge in [-0.25, -0.2) is 0 Å². The first-order valence-corrected chi connectivity index (χ1v) is 6.24. The maximum absolute atomic E-state index is 12.3. The number of carbonyl (C=O) groups excluding carboxylic acids is 1. The molecule has 6 heteroatoms. The van der Waals surface area contributed by atoms with E-state index in [-0.39, 0.29) is 5.91 Å². The molecule has 5 nitrogen and oxygen atoms in total. The van der Waals surface area contributed by atoms with Gasteiger partial charge in [0.2, 0.25) is 0 Å². The van der Waals surface area contributed by atoms with Gasteiger partial charge in [-0.15, -0.1) is 0 Å². The van der Waals surface area contributed by atoms with Crippen molar-refractivity contribution in [2.24, 2.45) is 5.84 Å².